The lowest BCUT2D eigenvalue weighted by atomic mass is 10.0. The fraction of sp³-hybridized carbons (Fsp3) is 0.424. The van der Waals surface area contributed by atoms with Gasteiger partial charge in [0.25, 0.3) is 5.91 Å². The topological polar surface area (TPSA) is 23.6 Å². The monoisotopic (exact) mass is 484 g/mol. The second kappa shape index (κ2) is 15.3. The second-order valence-electron chi connectivity index (χ2n) is 9.79. The van der Waals surface area contributed by atoms with Crippen LogP contribution in [0.5, 0.6) is 0 Å². The van der Waals surface area contributed by atoms with Gasteiger partial charge in [-0.1, -0.05) is 107 Å². The van der Waals surface area contributed by atoms with Gasteiger partial charge in [0.1, 0.15) is 0 Å². The van der Waals surface area contributed by atoms with Crippen LogP contribution in [-0.4, -0.2) is 41.9 Å². The largest absolute Gasteiger partial charge is 0.333 e. The van der Waals surface area contributed by atoms with E-state index in [2.05, 4.69) is 86.3 Å². The number of benzene rings is 3. The first kappa shape index (κ1) is 27.7. The van der Waals surface area contributed by atoms with Crippen molar-refractivity contribution in [2.45, 2.75) is 65.8 Å². The van der Waals surface area contributed by atoms with Gasteiger partial charge in [-0.25, -0.2) is 0 Å². The van der Waals surface area contributed by atoms with Gasteiger partial charge in [-0.3, -0.25) is 4.79 Å². The Balaban J connectivity index is 1.76. The molecule has 0 N–H and O–H groups in total. The lowest BCUT2D eigenvalue weighted by molar-refractivity contribution is 0.0720. The second-order valence-corrected chi connectivity index (χ2v) is 9.79. The summed E-state index contributed by atoms with van der Waals surface area (Å²) in [4.78, 5) is 18.2. The van der Waals surface area contributed by atoms with Crippen LogP contribution in [0.1, 0.15) is 74.4 Å². The van der Waals surface area contributed by atoms with E-state index in [-0.39, 0.29) is 5.91 Å². The van der Waals surface area contributed by atoms with Gasteiger partial charge < -0.3 is 9.80 Å². The van der Waals surface area contributed by atoms with E-state index in [4.69, 9.17) is 0 Å². The summed E-state index contributed by atoms with van der Waals surface area (Å²) in [6, 6.07) is 27.3. The maximum Gasteiger partial charge on any atom is 0.254 e. The van der Waals surface area contributed by atoms with Crippen LogP contribution in [0.25, 0.3) is 11.1 Å². The average Bonchev–Trinajstić information content (AvgIpc) is 2.93. The van der Waals surface area contributed by atoms with Crippen molar-refractivity contribution in [2.75, 3.05) is 26.2 Å². The van der Waals surface area contributed by atoms with Crippen LogP contribution < -0.4 is 0 Å². The number of amides is 1. The molecule has 0 bridgehead atoms. The molecule has 0 radical (unpaired) electrons. The lowest BCUT2D eigenvalue weighted by Crippen LogP contribution is -2.39. The summed E-state index contributed by atoms with van der Waals surface area (Å²) in [5, 5.41) is 0. The molecule has 0 aliphatic heterocycles. The quantitative estimate of drug-likeness (QED) is 0.219. The smallest absolute Gasteiger partial charge is 0.254 e. The molecule has 0 aromatic heterocycles. The van der Waals surface area contributed by atoms with E-state index >= 15 is 0 Å². The zero-order valence-electron chi connectivity index (χ0n) is 22.6. The molecule has 0 aliphatic rings. The number of carbonyl (C=O) groups is 1. The molecular formula is C33H44N2O. The molecule has 0 spiro atoms. The summed E-state index contributed by atoms with van der Waals surface area (Å²) in [5.41, 5.74) is 5.66. The number of unbranched alkanes of at least 4 members (excludes halogenated alkanes) is 2. The van der Waals surface area contributed by atoms with Gasteiger partial charge >= 0.3 is 0 Å². The zero-order chi connectivity index (χ0) is 25.6. The van der Waals surface area contributed by atoms with Crippen molar-refractivity contribution in [1.29, 1.82) is 0 Å². The molecule has 0 aliphatic carbocycles. The van der Waals surface area contributed by atoms with E-state index in [1.807, 2.05) is 23.1 Å². The van der Waals surface area contributed by atoms with Gasteiger partial charge in [0.15, 0.2) is 0 Å². The Hall–Kier alpha value is -2.91. The van der Waals surface area contributed by atoms with E-state index < -0.39 is 0 Å². The number of hydrogen-bond donors (Lipinski definition) is 0. The molecule has 1 amide bonds. The van der Waals surface area contributed by atoms with E-state index in [1.165, 1.54) is 47.9 Å². The van der Waals surface area contributed by atoms with Crippen molar-refractivity contribution in [3.05, 3.63) is 95.6 Å². The number of rotatable bonds is 15. The highest BCUT2D eigenvalue weighted by Crippen LogP contribution is 2.20. The summed E-state index contributed by atoms with van der Waals surface area (Å²) >= 11 is 0. The van der Waals surface area contributed by atoms with Crippen molar-refractivity contribution < 1.29 is 4.79 Å². The molecule has 3 aromatic carbocycles. The minimum Gasteiger partial charge on any atom is -0.333 e. The normalized spacial score (nSPS) is 11.1. The van der Waals surface area contributed by atoms with Crippen LogP contribution in [0.4, 0.5) is 0 Å². The molecule has 0 atom stereocenters. The van der Waals surface area contributed by atoms with Crippen molar-refractivity contribution in [3.63, 3.8) is 0 Å². The van der Waals surface area contributed by atoms with E-state index in [0.29, 0.717) is 6.54 Å². The van der Waals surface area contributed by atoms with E-state index in [1.54, 1.807) is 0 Å². The summed E-state index contributed by atoms with van der Waals surface area (Å²) in [7, 11) is 0. The minimum atomic E-state index is 0.121. The van der Waals surface area contributed by atoms with Crippen molar-refractivity contribution in [2.24, 2.45) is 0 Å². The zero-order valence-corrected chi connectivity index (χ0v) is 22.6. The predicted octanol–water partition coefficient (Wildman–Crippen LogP) is 7.85. The summed E-state index contributed by atoms with van der Waals surface area (Å²) in [6.45, 7) is 11.2. The van der Waals surface area contributed by atoms with Crippen LogP contribution in [0.2, 0.25) is 0 Å². The van der Waals surface area contributed by atoms with Gasteiger partial charge in [-0.2, -0.15) is 0 Å². The van der Waals surface area contributed by atoms with Crippen LogP contribution in [0.3, 0.4) is 0 Å². The SMILES string of the molecule is CCCCN(CCCC)CCN(Cc1ccc(-c2ccccc2)cc1)C(=O)c1ccc(CCC)cc1. The Morgan fingerprint density at radius 2 is 1.19 bits per heavy atom. The third-order valence-corrected chi connectivity index (χ3v) is 6.80. The maximum absolute atomic E-state index is 13.7. The maximum atomic E-state index is 13.7. The molecule has 36 heavy (non-hydrogen) atoms. The Kier molecular flexibility index (Phi) is 11.7. The first-order valence-corrected chi connectivity index (χ1v) is 13.9. The molecule has 3 nitrogen and oxygen atoms in total. The van der Waals surface area contributed by atoms with Gasteiger partial charge in [-0.15, -0.1) is 0 Å². The third kappa shape index (κ3) is 8.64. The van der Waals surface area contributed by atoms with E-state index in [9.17, 15) is 4.79 Å². The number of nitrogens with zero attached hydrogens (tertiary/aromatic N) is 2. The Labute approximate surface area is 219 Å². The molecular weight excluding hydrogens is 440 g/mol. The fourth-order valence-electron chi connectivity index (χ4n) is 4.55. The van der Waals surface area contributed by atoms with Crippen LogP contribution >= 0.6 is 0 Å². The molecule has 3 aromatic rings. The Morgan fingerprint density at radius 3 is 1.78 bits per heavy atom. The van der Waals surface area contributed by atoms with Crippen LogP contribution in [0, 0.1) is 0 Å². The highest BCUT2D eigenvalue weighted by Gasteiger charge is 2.18. The molecule has 0 unspecified atom stereocenters. The van der Waals surface area contributed by atoms with Crippen molar-refractivity contribution in [1.82, 2.24) is 9.80 Å². The third-order valence-electron chi connectivity index (χ3n) is 6.80. The Bertz CT molecular complexity index is 1000. The first-order chi connectivity index (χ1) is 17.6. The molecule has 3 heteroatoms. The number of hydrogen-bond acceptors (Lipinski definition) is 2. The first-order valence-electron chi connectivity index (χ1n) is 13.9. The van der Waals surface area contributed by atoms with Gasteiger partial charge in [-0.05, 0) is 66.7 Å². The molecule has 0 fully saturated rings. The van der Waals surface area contributed by atoms with Crippen LogP contribution in [0.15, 0.2) is 78.9 Å². The highest BCUT2D eigenvalue weighted by molar-refractivity contribution is 5.94. The average molecular weight is 485 g/mol. The lowest BCUT2D eigenvalue weighted by Gasteiger charge is -2.28. The van der Waals surface area contributed by atoms with Gasteiger partial charge in [0, 0.05) is 25.2 Å². The van der Waals surface area contributed by atoms with Gasteiger partial charge in [0.05, 0.1) is 0 Å². The molecule has 192 valence electrons. The summed E-state index contributed by atoms with van der Waals surface area (Å²) in [5.74, 6) is 0.121. The van der Waals surface area contributed by atoms with Gasteiger partial charge in [0.2, 0.25) is 0 Å². The number of aryl methyl sites for hydroxylation is 1. The summed E-state index contributed by atoms with van der Waals surface area (Å²) in [6.07, 6.45) is 6.97. The molecule has 0 heterocycles. The molecule has 3 rings (SSSR count). The minimum absolute atomic E-state index is 0.121. The highest BCUT2D eigenvalue weighted by atomic mass is 16.2. The van der Waals surface area contributed by atoms with E-state index in [0.717, 1.165) is 44.6 Å². The summed E-state index contributed by atoms with van der Waals surface area (Å²) < 4.78 is 0. The molecule has 0 saturated carbocycles. The van der Waals surface area contributed by atoms with Crippen molar-refractivity contribution >= 4 is 5.91 Å². The standard InChI is InChI=1S/C33H44N2O/c1-4-7-23-34(24-8-5-2)25-26-35(33(36)32-21-15-28(12-6-3)16-22-32)27-29-17-19-31(20-18-29)30-13-10-9-11-14-30/h9-11,13-22H,4-8,12,23-27H2,1-3H3. The Morgan fingerprint density at radius 1 is 0.611 bits per heavy atom. The predicted molar refractivity (Wildman–Crippen MR) is 153 cm³/mol. The fourth-order valence-corrected chi connectivity index (χ4v) is 4.55. The van der Waals surface area contributed by atoms with Crippen LogP contribution in [-0.2, 0) is 13.0 Å². The van der Waals surface area contributed by atoms with Crippen molar-refractivity contribution in [3.8, 4) is 11.1 Å². The number of carbonyl (C=O) groups excluding carboxylic acids is 1. The molecule has 0 saturated heterocycles.